The van der Waals surface area contributed by atoms with Crippen molar-refractivity contribution in [3.8, 4) is 0 Å². The lowest BCUT2D eigenvalue weighted by molar-refractivity contribution is -0.128. The SMILES string of the molecule is CC(=O)CCNC(=O)CCC(=O)C(CCCCNC(C)=O)N(C)C. The lowest BCUT2D eigenvalue weighted by Gasteiger charge is -2.23. The minimum atomic E-state index is -0.215. The van der Waals surface area contributed by atoms with E-state index in [4.69, 9.17) is 0 Å². The molecule has 24 heavy (non-hydrogen) atoms. The van der Waals surface area contributed by atoms with Crippen molar-refractivity contribution in [1.82, 2.24) is 15.5 Å². The van der Waals surface area contributed by atoms with Gasteiger partial charge in [-0.15, -0.1) is 0 Å². The molecule has 7 nitrogen and oxygen atoms in total. The number of hydrogen-bond acceptors (Lipinski definition) is 5. The summed E-state index contributed by atoms with van der Waals surface area (Å²) < 4.78 is 0. The van der Waals surface area contributed by atoms with Gasteiger partial charge < -0.3 is 10.6 Å². The summed E-state index contributed by atoms with van der Waals surface area (Å²) in [5, 5.41) is 5.37. The normalized spacial score (nSPS) is 11.9. The molecule has 7 heteroatoms. The molecule has 1 unspecified atom stereocenters. The van der Waals surface area contributed by atoms with E-state index in [1.807, 2.05) is 19.0 Å². The van der Waals surface area contributed by atoms with Crippen molar-refractivity contribution < 1.29 is 19.2 Å². The summed E-state index contributed by atoms with van der Waals surface area (Å²) in [7, 11) is 3.70. The number of ketones is 2. The Hall–Kier alpha value is -1.76. The fourth-order valence-electron chi connectivity index (χ4n) is 2.30. The third-order valence-corrected chi connectivity index (χ3v) is 3.67. The molecule has 0 bridgehead atoms. The molecule has 0 rings (SSSR count). The molecule has 1 atom stereocenters. The fraction of sp³-hybridized carbons (Fsp3) is 0.765. The van der Waals surface area contributed by atoms with Gasteiger partial charge in [-0.05, 0) is 40.3 Å². The molecule has 0 aromatic carbocycles. The highest BCUT2D eigenvalue weighted by Gasteiger charge is 2.20. The molecule has 2 amide bonds. The van der Waals surface area contributed by atoms with Crippen LogP contribution in [-0.4, -0.2) is 61.5 Å². The van der Waals surface area contributed by atoms with Crippen LogP contribution >= 0.6 is 0 Å². The Balaban J connectivity index is 4.08. The summed E-state index contributed by atoms with van der Waals surface area (Å²) in [6.45, 7) is 3.89. The minimum absolute atomic E-state index is 0.0262. The van der Waals surface area contributed by atoms with E-state index in [9.17, 15) is 19.2 Å². The van der Waals surface area contributed by atoms with Gasteiger partial charge in [0.1, 0.15) is 11.6 Å². The molecular formula is C17H31N3O4. The number of unbranched alkanes of at least 4 members (excludes halogenated alkanes) is 1. The van der Waals surface area contributed by atoms with Gasteiger partial charge in [0.15, 0.2) is 0 Å². The molecule has 0 fully saturated rings. The van der Waals surface area contributed by atoms with Crippen LogP contribution in [0.5, 0.6) is 0 Å². The first-order valence-corrected chi connectivity index (χ1v) is 8.43. The molecule has 0 saturated carbocycles. The maximum Gasteiger partial charge on any atom is 0.220 e. The Kier molecular flexibility index (Phi) is 11.7. The van der Waals surface area contributed by atoms with Gasteiger partial charge in [0.05, 0.1) is 6.04 Å². The maximum absolute atomic E-state index is 12.3. The molecule has 0 radical (unpaired) electrons. The number of nitrogens with zero attached hydrogens (tertiary/aromatic N) is 1. The molecule has 0 saturated heterocycles. The van der Waals surface area contributed by atoms with Crippen molar-refractivity contribution in [2.45, 2.75) is 58.4 Å². The number of hydrogen-bond donors (Lipinski definition) is 2. The molecule has 0 aliphatic heterocycles. The van der Waals surface area contributed by atoms with Gasteiger partial charge in [0, 0.05) is 39.3 Å². The van der Waals surface area contributed by atoms with Crippen molar-refractivity contribution in [2.75, 3.05) is 27.2 Å². The van der Waals surface area contributed by atoms with Crippen molar-refractivity contribution in [1.29, 1.82) is 0 Å². The molecule has 0 aromatic heterocycles. The Labute approximate surface area is 144 Å². The second-order valence-corrected chi connectivity index (χ2v) is 6.23. The smallest absolute Gasteiger partial charge is 0.220 e. The van der Waals surface area contributed by atoms with Crippen molar-refractivity contribution in [3.63, 3.8) is 0 Å². The first kappa shape index (κ1) is 22.2. The average molecular weight is 341 g/mol. The second kappa shape index (κ2) is 12.6. The topological polar surface area (TPSA) is 95.6 Å². The number of carbonyl (C=O) groups excluding carboxylic acids is 4. The maximum atomic E-state index is 12.3. The van der Waals surface area contributed by atoms with E-state index in [0.717, 1.165) is 12.8 Å². The molecule has 0 aliphatic rings. The zero-order valence-corrected chi connectivity index (χ0v) is 15.3. The monoisotopic (exact) mass is 341 g/mol. The molecule has 0 spiro atoms. The summed E-state index contributed by atoms with van der Waals surface area (Å²) in [5.74, 6) is -0.182. The minimum Gasteiger partial charge on any atom is -0.356 e. The largest absolute Gasteiger partial charge is 0.356 e. The quantitative estimate of drug-likeness (QED) is 0.480. The van der Waals surface area contributed by atoms with Gasteiger partial charge in [0.2, 0.25) is 11.8 Å². The van der Waals surface area contributed by atoms with Crippen molar-refractivity contribution >= 4 is 23.4 Å². The van der Waals surface area contributed by atoms with Crippen LogP contribution in [0.1, 0.15) is 52.4 Å². The number of Topliss-reactive ketones (excluding diaryl/α,β-unsaturated/α-hetero) is 2. The Morgan fingerprint density at radius 2 is 1.54 bits per heavy atom. The third-order valence-electron chi connectivity index (χ3n) is 3.67. The lowest BCUT2D eigenvalue weighted by atomic mass is 10.0. The average Bonchev–Trinajstić information content (AvgIpc) is 2.47. The van der Waals surface area contributed by atoms with Crippen LogP contribution in [0.15, 0.2) is 0 Å². The number of amides is 2. The van der Waals surface area contributed by atoms with E-state index >= 15 is 0 Å². The van der Waals surface area contributed by atoms with E-state index < -0.39 is 0 Å². The van der Waals surface area contributed by atoms with Crippen LogP contribution < -0.4 is 10.6 Å². The predicted molar refractivity (Wildman–Crippen MR) is 92.6 cm³/mol. The number of carbonyl (C=O) groups is 4. The molecular weight excluding hydrogens is 310 g/mol. The lowest BCUT2D eigenvalue weighted by Crippen LogP contribution is -2.37. The zero-order valence-electron chi connectivity index (χ0n) is 15.3. The molecule has 0 heterocycles. The Bertz CT molecular complexity index is 436. The van der Waals surface area contributed by atoms with Crippen LogP contribution in [0.3, 0.4) is 0 Å². The van der Waals surface area contributed by atoms with E-state index in [-0.39, 0.29) is 42.3 Å². The van der Waals surface area contributed by atoms with Gasteiger partial charge in [-0.3, -0.25) is 24.1 Å². The van der Waals surface area contributed by atoms with Crippen molar-refractivity contribution in [3.05, 3.63) is 0 Å². The molecule has 138 valence electrons. The highest BCUT2D eigenvalue weighted by molar-refractivity contribution is 5.88. The highest BCUT2D eigenvalue weighted by atomic mass is 16.2. The van der Waals surface area contributed by atoms with Crippen LogP contribution in [0.2, 0.25) is 0 Å². The number of rotatable bonds is 13. The molecule has 0 aliphatic carbocycles. The van der Waals surface area contributed by atoms with Crippen molar-refractivity contribution in [2.24, 2.45) is 0 Å². The van der Waals surface area contributed by atoms with E-state index in [2.05, 4.69) is 10.6 Å². The number of nitrogens with one attached hydrogen (secondary N) is 2. The van der Waals surface area contributed by atoms with Crippen LogP contribution in [0.4, 0.5) is 0 Å². The Morgan fingerprint density at radius 1 is 0.875 bits per heavy atom. The van der Waals surface area contributed by atoms with Gasteiger partial charge in [-0.2, -0.15) is 0 Å². The number of likely N-dealkylation sites (N-methyl/N-ethyl adjacent to an activating group) is 1. The molecule has 0 aromatic rings. The van der Waals surface area contributed by atoms with E-state index in [0.29, 0.717) is 25.9 Å². The summed E-state index contributed by atoms with van der Waals surface area (Å²) in [5.41, 5.74) is 0. The van der Waals surface area contributed by atoms with Gasteiger partial charge in [0.25, 0.3) is 0 Å². The summed E-state index contributed by atoms with van der Waals surface area (Å²) in [6.07, 6.45) is 3.02. The predicted octanol–water partition coefficient (Wildman–Crippen LogP) is 0.668. The summed E-state index contributed by atoms with van der Waals surface area (Å²) in [6, 6.07) is -0.215. The van der Waals surface area contributed by atoms with E-state index in [1.54, 1.807) is 0 Å². The van der Waals surface area contributed by atoms with Gasteiger partial charge in [-0.1, -0.05) is 0 Å². The summed E-state index contributed by atoms with van der Waals surface area (Å²) >= 11 is 0. The fourth-order valence-corrected chi connectivity index (χ4v) is 2.30. The van der Waals surface area contributed by atoms with Gasteiger partial charge in [-0.25, -0.2) is 0 Å². The molecule has 2 N–H and O–H groups in total. The second-order valence-electron chi connectivity index (χ2n) is 6.23. The first-order valence-electron chi connectivity index (χ1n) is 8.43. The first-order chi connectivity index (χ1) is 11.2. The van der Waals surface area contributed by atoms with E-state index in [1.165, 1.54) is 13.8 Å². The standard InChI is InChI=1S/C17H31N3O4/c1-13(21)10-12-19-17(24)9-8-16(23)15(20(3)4)7-5-6-11-18-14(2)22/h15H,5-12H2,1-4H3,(H,18,22)(H,19,24). The van der Waals surface area contributed by atoms with Crippen LogP contribution in [-0.2, 0) is 19.2 Å². The van der Waals surface area contributed by atoms with Crippen LogP contribution in [0, 0.1) is 0 Å². The third kappa shape index (κ3) is 11.8. The highest BCUT2D eigenvalue weighted by Crippen LogP contribution is 2.10. The zero-order chi connectivity index (χ0) is 18.5. The Morgan fingerprint density at radius 3 is 2.08 bits per heavy atom. The van der Waals surface area contributed by atoms with Gasteiger partial charge >= 0.3 is 0 Å². The van der Waals surface area contributed by atoms with Crippen LogP contribution in [0.25, 0.3) is 0 Å². The summed E-state index contributed by atoms with van der Waals surface area (Å²) in [4.78, 5) is 47.4.